The van der Waals surface area contributed by atoms with Gasteiger partial charge in [-0.1, -0.05) is 0 Å². The highest BCUT2D eigenvalue weighted by Gasteiger charge is 2.38. The van der Waals surface area contributed by atoms with E-state index in [1.54, 1.807) is 30.3 Å². The summed E-state index contributed by atoms with van der Waals surface area (Å²) in [5.41, 5.74) is 1.14. The quantitative estimate of drug-likeness (QED) is 0.706. The molecule has 2 aromatic heterocycles. The van der Waals surface area contributed by atoms with E-state index in [1.165, 1.54) is 6.07 Å². The number of nitrogens with one attached hydrogen (secondary N) is 1. The molecule has 0 unspecified atom stereocenters. The van der Waals surface area contributed by atoms with Crippen LogP contribution < -0.4 is 10.2 Å². The molecule has 3 heterocycles. The zero-order chi connectivity index (χ0) is 21.3. The number of aromatic nitrogens is 4. The van der Waals surface area contributed by atoms with Crippen molar-refractivity contribution in [1.82, 2.24) is 19.8 Å². The Morgan fingerprint density at radius 1 is 1.10 bits per heavy atom. The van der Waals surface area contributed by atoms with Gasteiger partial charge in [0.2, 0.25) is 5.91 Å². The molecule has 0 saturated carbocycles. The SMILES string of the molecule is N#Cc1ccc(NC(=O)C2CCN(c3ccc4nnc(C(F)(F)F)n4n3)CC2)cc1. The standard InChI is InChI=1S/C19H16F3N7O/c20-19(21,22)18-26-25-15-5-6-16(27-29(15)18)28-9-7-13(8-10-28)17(30)24-14-3-1-12(11-23)2-4-14/h1-6,13H,7-10H2,(H,24,30). The number of anilines is 2. The number of hydrogen-bond acceptors (Lipinski definition) is 6. The zero-order valence-electron chi connectivity index (χ0n) is 15.6. The fourth-order valence-corrected chi connectivity index (χ4v) is 3.37. The van der Waals surface area contributed by atoms with Crippen molar-refractivity contribution >= 4 is 23.1 Å². The zero-order valence-corrected chi connectivity index (χ0v) is 15.6. The highest BCUT2D eigenvalue weighted by molar-refractivity contribution is 5.92. The van der Waals surface area contributed by atoms with Crippen LogP contribution in [0.2, 0.25) is 0 Å². The van der Waals surface area contributed by atoms with Crippen molar-refractivity contribution in [2.24, 2.45) is 5.92 Å². The molecule has 1 aliphatic heterocycles. The second-order valence-electron chi connectivity index (χ2n) is 6.92. The van der Waals surface area contributed by atoms with Crippen molar-refractivity contribution in [2.75, 3.05) is 23.3 Å². The number of nitrogens with zero attached hydrogens (tertiary/aromatic N) is 6. The van der Waals surface area contributed by atoms with E-state index < -0.39 is 12.0 Å². The third-order valence-corrected chi connectivity index (χ3v) is 4.97. The minimum Gasteiger partial charge on any atom is -0.355 e. The van der Waals surface area contributed by atoms with Gasteiger partial charge in [-0.15, -0.1) is 15.3 Å². The Hall–Kier alpha value is -3.68. The first-order chi connectivity index (χ1) is 14.3. The van der Waals surface area contributed by atoms with E-state index in [0.29, 0.717) is 47.5 Å². The topological polar surface area (TPSA) is 99.2 Å². The molecule has 154 valence electrons. The Morgan fingerprint density at radius 2 is 1.80 bits per heavy atom. The summed E-state index contributed by atoms with van der Waals surface area (Å²) in [6, 6.07) is 11.6. The predicted molar refractivity (Wildman–Crippen MR) is 101 cm³/mol. The fourth-order valence-electron chi connectivity index (χ4n) is 3.37. The Kier molecular flexibility index (Phi) is 4.99. The molecular formula is C19H16F3N7O. The average molecular weight is 415 g/mol. The van der Waals surface area contributed by atoms with E-state index >= 15 is 0 Å². The summed E-state index contributed by atoms with van der Waals surface area (Å²) >= 11 is 0. The highest BCUT2D eigenvalue weighted by Crippen LogP contribution is 2.29. The number of hydrogen-bond donors (Lipinski definition) is 1. The number of fused-ring (bicyclic) bond motifs is 1. The Labute approximate surface area is 168 Å². The molecule has 0 spiro atoms. The van der Waals surface area contributed by atoms with Gasteiger partial charge in [-0.25, -0.2) is 0 Å². The van der Waals surface area contributed by atoms with Crippen molar-refractivity contribution in [3.05, 3.63) is 47.8 Å². The summed E-state index contributed by atoms with van der Waals surface area (Å²) in [5.74, 6) is -1.14. The lowest BCUT2D eigenvalue weighted by Gasteiger charge is -2.32. The fraction of sp³-hybridized carbons (Fsp3) is 0.316. The molecule has 0 aliphatic carbocycles. The molecule has 1 amide bonds. The number of carbonyl (C=O) groups excluding carboxylic acids is 1. The number of amides is 1. The van der Waals surface area contributed by atoms with Crippen molar-refractivity contribution in [1.29, 1.82) is 5.26 Å². The number of carbonyl (C=O) groups is 1. The van der Waals surface area contributed by atoms with Crippen LogP contribution in [0.1, 0.15) is 24.2 Å². The maximum Gasteiger partial charge on any atom is 0.453 e. The van der Waals surface area contributed by atoms with E-state index in [-0.39, 0.29) is 17.5 Å². The largest absolute Gasteiger partial charge is 0.453 e. The Balaban J connectivity index is 1.41. The van der Waals surface area contributed by atoms with E-state index in [4.69, 9.17) is 5.26 Å². The molecule has 0 bridgehead atoms. The summed E-state index contributed by atoms with van der Waals surface area (Å²) in [6.45, 7) is 0.959. The van der Waals surface area contributed by atoms with E-state index in [9.17, 15) is 18.0 Å². The van der Waals surface area contributed by atoms with Gasteiger partial charge in [-0.3, -0.25) is 4.79 Å². The van der Waals surface area contributed by atoms with Crippen molar-refractivity contribution in [3.63, 3.8) is 0 Å². The van der Waals surface area contributed by atoms with Gasteiger partial charge in [0.05, 0.1) is 11.6 Å². The smallest absolute Gasteiger partial charge is 0.355 e. The summed E-state index contributed by atoms with van der Waals surface area (Å²) < 4.78 is 39.8. The van der Waals surface area contributed by atoms with Crippen LogP contribution in [0.15, 0.2) is 36.4 Å². The molecule has 3 aromatic rings. The third-order valence-electron chi connectivity index (χ3n) is 4.97. The van der Waals surface area contributed by atoms with Crippen LogP contribution in [0.3, 0.4) is 0 Å². The minimum atomic E-state index is -4.65. The van der Waals surface area contributed by atoms with Gasteiger partial charge in [0.15, 0.2) is 5.65 Å². The van der Waals surface area contributed by atoms with Gasteiger partial charge in [0.1, 0.15) is 5.82 Å². The van der Waals surface area contributed by atoms with E-state index in [1.807, 2.05) is 11.0 Å². The lowest BCUT2D eigenvalue weighted by Crippen LogP contribution is -2.38. The van der Waals surface area contributed by atoms with Crippen LogP contribution >= 0.6 is 0 Å². The van der Waals surface area contributed by atoms with Gasteiger partial charge in [-0.05, 0) is 49.2 Å². The Bertz CT molecular complexity index is 1110. The van der Waals surface area contributed by atoms with Gasteiger partial charge in [0, 0.05) is 24.7 Å². The number of alkyl halides is 3. The van der Waals surface area contributed by atoms with Gasteiger partial charge >= 0.3 is 6.18 Å². The second kappa shape index (κ2) is 7.62. The average Bonchev–Trinajstić information content (AvgIpc) is 3.18. The maximum absolute atomic E-state index is 13.0. The predicted octanol–water partition coefficient (Wildman–Crippen LogP) is 2.87. The summed E-state index contributed by atoms with van der Waals surface area (Å²) in [4.78, 5) is 14.3. The summed E-state index contributed by atoms with van der Waals surface area (Å²) in [6.07, 6.45) is -3.58. The molecule has 11 heteroatoms. The molecule has 1 saturated heterocycles. The molecule has 4 rings (SSSR count). The van der Waals surface area contributed by atoms with Gasteiger partial charge < -0.3 is 10.2 Å². The summed E-state index contributed by atoms with van der Waals surface area (Å²) in [5, 5.41) is 22.4. The van der Waals surface area contributed by atoms with Gasteiger partial charge in [0.25, 0.3) is 5.82 Å². The van der Waals surface area contributed by atoms with Crippen molar-refractivity contribution in [3.8, 4) is 6.07 Å². The lowest BCUT2D eigenvalue weighted by atomic mass is 9.96. The molecular weight excluding hydrogens is 399 g/mol. The molecule has 1 N–H and O–H groups in total. The molecule has 1 fully saturated rings. The molecule has 1 aliphatic rings. The van der Waals surface area contributed by atoms with Crippen molar-refractivity contribution in [2.45, 2.75) is 19.0 Å². The van der Waals surface area contributed by atoms with E-state index in [2.05, 4.69) is 20.6 Å². The molecule has 8 nitrogen and oxygen atoms in total. The maximum atomic E-state index is 13.0. The van der Waals surface area contributed by atoms with Crippen LogP contribution in [0.5, 0.6) is 0 Å². The third kappa shape index (κ3) is 3.89. The first kappa shape index (κ1) is 19.6. The molecule has 0 radical (unpaired) electrons. The first-order valence-corrected chi connectivity index (χ1v) is 9.21. The first-order valence-electron chi connectivity index (χ1n) is 9.21. The number of piperidine rings is 1. The van der Waals surface area contributed by atoms with Crippen LogP contribution in [-0.4, -0.2) is 38.8 Å². The van der Waals surface area contributed by atoms with Crippen molar-refractivity contribution < 1.29 is 18.0 Å². The van der Waals surface area contributed by atoms with E-state index in [0.717, 1.165) is 0 Å². The summed E-state index contributed by atoms with van der Waals surface area (Å²) in [7, 11) is 0. The normalized spacial score (nSPS) is 15.2. The number of benzene rings is 1. The monoisotopic (exact) mass is 415 g/mol. The Morgan fingerprint density at radius 3 is 2.43 bits per heavy atom. The number of nitriles is 1. The van der Waals surface area contributed by atoms with Crippen LogP contribution in [-0.2, 0) is 11.0 Å². The lowest BCUT2D eigenvalue weighted by molar-refractivity contribution is -0.146. The molecule has 1 aromatic carbocycles. The number of halogens is 3. The van der Waals surface area contributed by atoms with Crippen LogP contribution in [0, 0.1) is 17.2 Å². The highest BCUT2D eigenvalue weighted by atomic mass is 19.4. The number of rotatable bonds is 3. The van der Waals surface area contributed by atoms with Crippen LogP contribution in [0.25, 0.3) is 5.65 Å². The molecule has 30 heavy (non-hydrogen) atoms. The molecule has 0 atom stereocenters. The minimum absolute atomic E-state index is 0.0164. The van der Waals surface area contributed by atoms with Gasteiger partial charge in [-0.2, -0.15) is 22.9 Å². The second-order valence-corrected chi connectivity index (χ2v) is 6.92. The van der Waals surface area contributed by atoms with Crippen LogP contribution in [0.4, 0.5) is 24.7 Å².